The third-order valence-electron chi connectivity index (χ3n) is 5.88. The molecular weight excluding hydrogens is 432 g/mol. The smallest absolute Gasteiger partial charge is 0.407 e. The van der Waals surface area contributed by atoms with Crippen molar-refractivity contribution in [1.82, 2.24) is 5.32 Å². The van der Waals surface area contributed by atoms with Gasteiger partial charge in [0.05, 0.1) is 6.04 Å². The maximum atomic E-state index is 12.6. The van der Waals surface area contributed by atoms with Gasteiger partial charge in [-0.3, -0.25) is 4.79 Å². The van der Waals surface area contributed by atoms with Crippen LogP contribution < -0.4 is 10.2 Å². The number of carbonyl (C=O) groups excluding carboxylic acids is 2. The molecule has 2 amide bonds. The van der Waals surface area contributed by atoms with Crippen LogP contribution in [0.25, 0.3) is 0 Å². The molecule has 1 aliphatic heterocycles. The number of fused-ring (bicyclic) bond motifs is 1. The molecule has 3 atom stereocenters. The van der Waals surface area contributed by atoms with Crippen LogP contribution in [0.15, 0.2) is 53.0 Å². The predicted octanol–water partition coefficient (Wildman–Crippen LogP) is 5.20. The number of nitrogens with one attached hydrogen (secondary N) is 1. The van der Waals surface area contributed by atoms with E-state index in [2.05, 4.69) is 28.2 Å². The molecule has 2 aliphatic rings. The number of hydrogen-bond donors (Lipinski definition) is 1. The Labute approximate surface area is 179 Å². The molecule has 0 bridgehead atoms. The van der Waals surface area contributed by atoms with Crippen LogP contribution in [0.2, 0.25) is 0 Å². The van der Waals surface area contributed by atoms with Crippen molar-refractivity contribution in [2.75, 3.05) is 4.90 Å². The highest BCUT2D eigenvalue weighted by Crippen LogP contribution is 2.49. The quantitative estimate of drug-likeness (QED) is 0.687. The molecule has 4 rings (SSSR count). The Hall–Kier alpha value is -2.34. The van der Waals surface area contributed by atoms with Crippen LogP contribution in [0.4, 0.5) is 10.5 Å². The van der Waals surface area contributed by atoms with Crippen LogP contribution in [0.1, 0.15) is 43.9 Å². The van der Waals surface area contributed by atoms with E-state index in [0.29, 0.717) is 5.92 Å². The monoisotopic (exact) mass is 456 g/mol. The summed E-state index contributed by atoms with van der Waals surface area (Å²) in [6.45, 7) is 3.96. The van der Waals surface area contributed by atoms with Gasteiger partial charge in [-0.1, -0.05) is 53.2 Å². The summed E-state index contributed by atoms with van der Waals surface area (Å²) in [5.41, 5.74) is 2.76. The highest BCUT2D eigenvalue weighted by atomic mass is 79.9. The number of amides is 2. The summed E-state index contributed by atoms with van der Waals surface area (Å²) in [6.07, 6.45) is 1.80. The van der Waals surface area contributed by atoms with Gasteiger partial charge in [0.25, 0.3) is 0 Å². The molecule has 2 aromatic rings. The molecule has 1 saturated carbocycles. The van der Waals surface area contributed by atoms with Crippen molar-refractivity contribution in [2.45, 2.75) is 45.4 Å². The molecule has 1 N–H and O–H groups in total. The molecule has 5 nitrogen and oxygen atoms in total. The number of carbonyl (C=O) groups is 2. The van der Waals surface area contributed by atoms with Gasteiger partial charge in [-0.25, -0.2) is 4.79 Å². The van der Waals surface area contributed by atoms with E-state index in [0.717, 1.165) is 34.1 Å². The van der Waals surface area contributed by atoms with E-state index in [-0.39, 0.29) is 30.5 Å². The molecule has 0 spiro atoms. The van der Waals surface area contributed by atoms with Gasteiger partial charge in [0.15, 0.2) is 0 Å². The average molecular weight is 457 g/mol. The maximum absolute atomic E-state index is 12.6. The Morgan fingerprint density at radius 1 is 1.17 bits per heavy atom. The molecule has 1 heterocycles. The first-order valence-corrected chi connectivity index (χ1v) is 10.8. The van der Waals surface area contributed by atoms with Crippen LogP contribution in [0, 0.1) is 11.8 Å². The molecule has 0 aromatic heterocycles. The summed E-state index contributed by atoms with van der Waals surface area (Å²) in [6, 6.07) is 15.4. The lowest BCUT2D eigenvalue weighted by Crippen LogP contribution is -2.53. The number of rotatable bonds is 4. The number of hydrogen-bond acceptors (Lipinski definition) is 3. The Morgan fingerprint density at radius 3 is 2.55 bits per heavy atom. The molecular formula is C23H25BrN2O3. The van der Waals surface area contributed by atoms with Crippen LogP contribution >= 0.6 is 15.9 Å². The predicted molar refractivity (Wildman–Crippen MR) is 115 cm³/mol. The fraction of sp³-hybridized carbons (Fsp3) is 0.391. The van der Waals surface area contributed by atoms with Crippen LogP contribution in [0.3, 0.4) is 0 Å². The number of nitrogens with zero attached hydrogens (tertiary/aromatic N) is 1. The second-order valence-electron chi connectivity index (χ2n) is 7.96. The maximum Gasteiger partial charge on any atom is 0.407 e. The highest BCUT2D eigenvalue weighted by molar-refractivity contribution is 9.10. The zero-order valence-electron chi connectivity index (χ0n) is 16.6. The third-order valence-corrected chi connectivity index (χ3v) is 6.37. The van der Waals surface area contributed by atoms with E-state index in [4.69, 9.17) is 4.74 Å². The minimum Gasteiger partial charge on any atom is -0.445 e. The van der Waals surface area contributed by atoms with Crippen molar-refractivity contribution in [3.8, 4) is 0 Å². The zero-order valence-corrected chi connectivity index (χ0v) is 18.2. The van der Waals surface area contributed by atoms with Gasteiger partial charge < -0.3 is 15.0 Å². The van der Waals surface area contributed by atoms with E-state index < -0.39 is 6.09 Å². The Bertz CT molecular complexity index is 914. The van der Waals surface area contributed by atoms with E-state index >= 15 is 0 Å². The fourth-order valence-electron chi connectivity index (χ4n) is 4.43. The zero-order chi connectivity index (χ0) is 20.5. The molecule has 152 valence electrons. The van der Waals surface area contributed by atoms with E-state index in [1.807, 2.05) is 53.4 Å². The minimum atomic E-state index is -0.442. The van der Waals surface area contributed by atoms with Gasteiger partial charge in [-0.2, -0.15) is 0 Å². The molecule has 1 fully saturated rings. The van der Waals surface area contributed by atoms with E-state index in [9.17, 15) is 9.59 Å². The summed E-state index contributed by atoms with van der Waals surface area (Å²) >= 11 is 3.53. The van der Waals surface area contributed by atoms with Crippen LogP contribution in [-0.4, -0.2) is 18.0 Å². The third kappa shape index (κ3) is 4.17. The first kappa shape index (κ1) is 20.0. The normalized spacial score (nSPS) is 23.3. The lowest BCUT2D eigenvalue weighted by atomic mass is 9.80. The van der Waals surface area contributed by atoms with E-state index in [1.54, 1.807) is 6.92 Å². The van der Waals surface area contributed by atoms with Gasteiger partial charge in [0.2, 0.25) is 5.91 Å². The first-order valence-electron chi connectivity index (χ1n) is 10.0. The van der Waals surface area contributed by atoms with Crippen molar-refractivity contribution in [3.63, 3.8) is 0 Å². The van der Waals surface area contributed by atoms with Gasteiger partial charge in [-0.05, 0) is 48.1 Å². The SMILES string of the molecule is CC(=O)N1c2ccc(Br)cc2[C@H](NC(=O)OCc2ccccc2)[C@@H](C)[C@H]1C1CC1. The lowest BCUT2D eigenvalue weighted by Gasteiger charge is -2.45. The molecule has 0 saturated heterocycles. The first-order chi connectivity index (χ1) is 14.0. The topological polar surface area (TPSA) is 58.6 Å². The fourth-order valence-corrected chi connectivity index (χ4v) is 4.81. The van der Waals surface area contributed by atoms with E-state index in [1.165, 1.54) is 0 Å². The number of ether oxygens (including phenoxy) is 1. The molecule has 6 heteroatoms. The van der Waals surface area contributed by atoms with Gasteiger partial charge >= 0.3 is 6.09 Å². The summed E-state index contributed by atoms with van der Waals surface area (Å²) in [7, 11) is 0. The van der Waals surface area contributed by atoms with Crippen molar-refractivity contribution in [2.24, 2.45) is 11.8 Å². The second-order valence-corrected chi connectivity index (χ2v) is 8.88. The lowest BCUT2D eigenvalue weighted by molar-refractivity contribution is -0.117. The summed E-state index contributed by atoms with van der Waals surface area (Å²) in [4.78, 5) is 27.1. The van der Waals surface area contributed by atoms with Crippen molar-refractivity contribution < 1.29 is 14.3 Å². The Morgan fingerprint density at radius 2 is 1.90 bits per heavy atom. The number of benzene rings is 2. The molecule has 0 unspecified atom stereocenters. The molecule has 1 aliphatic carbocycles. The van der Waals surface area contributed by atoms with Gasteiger partial charge in [0.1, 0.15) is 6.61 Å². The highest BCUT2D eigenvalue weighted by Gasteiger charge is 2.48. The van der Waals surface area contributed by atoms with Gasteiger partial charge in [-0.15, -0.1) is 0 Å². The molecule has 2 aromatic carbocycles. The second kappa shape index (κ2) is 8.19. The van der Waals surface area contributed by atoms with Gasteiger partial charge in [0, 0.05) is 29.0 Å². The largest absolute Gasteiger partial charge is 0.445 e. The van der Waals surface area contributed by atoms with Crippen molar-refractivity contribution >= 4 is 33.6 Å². The van der Waals surface area contributed by atoms with Crippen molar-refractivity contribution in [1.29, 1.82) is 0 Å². The van der Waals surface area contributed by atoms with Crippen LogP contribution in [-0.2, 0) is 16.1 Å². The molecule has 29 heavy (non-hydrogen) atoms. The van der Waals surface area contributed by atoms with Crippen LogP contribution in [0.5, 0.6) is 0 Å². The number of anilines is 1. The number of alkyl carbamates (subject to hydrolysis) is 1. The standard InChI is InChI=1S/C23H25BrN2O3/c1-14-21(25-23(28)29-13-16-6-4-3-5-7-16)19-12-18(24)10-11-20(19)26(15(2)27)22(14)17-8-9-17/h3-7,10-12,14,17,21-22H,8-9,13H2,1-2H3,(H,25,28)/t14-,21-,22+/m1/s1. The van der Waals surface area contributed by atoms with Crippen molar-refractivity contribution in [3.05, 3.63) is 64.1 Å². The molecule has 0 radical (unpaired) electrons. The summed E-state index contributed by atoms with van der Waals surface area (Å²) < 4.78 is 6.39. The minimum absolute atomic E-state index is 0.0439. The number of halogens is 1. The summed E-state index contributed by atoms with van der Waals surface area (Å²) in [5.74, 6) is 0.607. The Kier molecular flexibility index (Phi) is 5.63. The average Bonchev–Trinajstić information content (AvgIpc) is 3.53. The summed E-state index contributed by atoms with van der Waals surface area (Å²) in [5, 5.41) is 3.07. The Balaban J connectivity index is 1.59.